The van der Waals surface area contributed by atoms with E-state index in [-0.39, 0.29) is 24.5 Å². The zero-order valence-electron chi connectivity index (χ0n) is 15.5. The van der Waals surface area contributed by atoms with Crippen molar-refractivity contribution >= 4 is 23.7 Å². The number of benzene rings is 1. The van der Waals surface area contributed by atoms with Crippen molar-refractivity contribution < 1.29 is 23.5 Å². The fourth-order valence-corrected chi connectivity index (χ4v) is 2.89. The van der Waals surface area contributed by atoms with E-state index in [1.54, 1.807) is 33.8 Å². The van der Waals surface area contributed by atoms with Gasteiger partial charge in [-0.2, -0.15) is 0 Å². The number of esters is 1. The summed E-state index contributed by atoms with van der Waals surface area (Å²) in [6, 6.07) is 2.11. The molecule has 0 heterocycles. The van der Waals surface area contributed by atoms with Crippen LogP contribution in [0.15, 0.2) is 12.1 Å². The molecule has 0 spiro atoms. The normalized spacial score (nSPS) is 15.3. The minimum Gasteiger partial charge on any atom is -0.466 e. The Balaban J connectivity index is 2.30. The number of amides is 1. The minimum atomic E-state index is -0.930. The lowest BCUT2D eigenvalue weighted by atomic mass is 9.98. The Morgan fingerprint density at radius 2 is 2.00 bits per heavy atom. The summed E-state index contributed by atoms with van der Waals surface area (Å²) in [6.07, 6.45) is 0.852. The molecule has 1 saturated carbocycles. The van der Waals surface area contributed by atoms with Crippen LogP contribution in [0.3, 0.4) is 0 Å². The molecule has 0 saturated heterocycles. The summed E-state index contributed by atoms with van der Waals surface area (Å²) in [5.74, 6) is -0.847. The van der Waals surface area contributed by atoms with E-state index in [0.717, 1.165) is 12.8 Å². The molecule has 0 aliphatic heterocycles. The molecule has 0 bridgehead atoms. The van der Waals surface area contributed by atoms with E-state index in [2.05, 4.69) is 5.32 Å². The van der Waals surface area contributed by atoms with Gasteiger partial charge in [0.05, 0.1) is 19.1 Å². The van der Waals surface area contributed by atoms with E-state index in [1.165, 1.54) is 6.07 Å². The molecule has 1 aliphatic carbocycles. The molecule has 0 aromatic heterocycles. The lowest BCUT2D eigenvalue weighted by molar-refractivity contribution is -0.143. The first kappa shape index (κ1) is 20.5. The number of carbonyl (C=O) groups excluding carboxylic acids is 2. The van der Waals surface area contributed by atoms with Crippen LogP contribution in [0.5, 0.6) is 0 Å². The first-order valence-corrected chi connectivity index (χ1v) is 9.12. The molecule has 1 aromatic carbocycles. The summed E-state index contributed by atoms with van der Waals surface area (Å²) >= 11 is 6.15. The van der Waals surface area contributed by atoms with Crippen molar-refractivity contribution in [1.29, 1.82) is 0 Å². The number of rotatable bonds is 6. The molecule has 0 unspecified atom stereocenters. The van der Waals surface area contributed by atoms with Gasteiger partial charge in [-0.3, -0.25) is 4.79 Å². The van der Waals surface area contributed by atoms with Crippen molar-refractivity contribution in [3.63, 3.8) is 0 Å². The predicted octanol–water partition coefficient (Wildman–Crippen LogP) is 4.88. The van der Waals surface area contributed by atoms with Gasteiger partial charge >= 0.3 is 12.1 Å². The Kier molecular flexibility index (Phi) is 6.50. The van der Waals surface area contributed by atoms with Crippen LogP contribution in [0.4, 0.5) is 9.18 Å². The van der Waals surface area contributed by atoms with Crippen LogP contribution in [0.1, 0.15) is 70.0 Å². The Bertz CT molecular complexity index is 683. The maximum atomic E-state index is 15.0. The van der Waals surface area contributed by atoms with Gasteiger partial charge in [-0.15, -0.1) is 0 Å². The molecular formula is C19H25ClFNO4. The maximum absolute atomic E-state index is 15.0. The second-order valence-corrected chi connectivity index (χ2v) is 7.82. The molecule has 5 nitrogen and oxygen atoms in total. The fraction of sp³-hybridized carbons (Fsp3) is 0.579. The SMILES string of the molecule is CCOC(=O)C[C@H](NC(=O)OC(C)(C)C)c1cc(Cl)cc(C2CC2)c1F. The molecule has 1 N–H and O–H groups in total. The largest absolute Gasteiger partial charge is 0.466 e. The summed E-state index contributed by atoms with van der Waals surface area (Å²) in [5.41, 5.74) is -0.0319. The average Bonchev–Trinajstić information content (AvgIpc) is 3.31. The van der Waals surface area contributed by atoms with Gasteiger partial charge in [0.2, 0.25) is 0 Å². The van der Waals surface area contributed by atoms with E-state index in [9.17, 15) is 9.59 Å². The van der Waals surface area contributed by atoms with Gasteiger partial charge in [0, 0.05) is 10.6 Å². The second-order valence-electron chi connectivity index (χ2n) is 7.38. The number of hydrogen-bond donors (Lipinski definition) is 1. The van der Waals surface area contributed by atoms with Crippen molar-refractivity contribution in [2.45, 2.75) is 64.5 Å². The molecule has 26 heavy (non-hydrogen) atoms. The molecule has 1 aliphatic rings. The third-order valence-electron chi connectivity index (χ3n) is 3.85. The molecular weight excluding hydrogens is 361 g/mol. The van der Waals surface area contributed by atoms with Gasteiger partial charge in [0.25, 0.3) is 0 Å². The van der Waals surface area contributed by atoms with Crippen LogP contribution >= 0.6 is 11.6 Å². The third-order valence-corrected chi connectivity index (χ3v) is 4.07. The summed E-state index contributed by atoms with van der Waals surface area (Å²) in [4.78, 5) is 24.1. The van der Waals surface area contributed by atoms with Crippen LogP contribution in [0.2, 0.25) is 5.02 Å². The lowest BCUT2D eigenvalue weighted by Crippen LogP contribution is -2.36. The second kappa shape index (κ2) is 8.25. The number of nitrogens with one attached hydrogen (secondary N) is 1. The maximum Gasteiger partial charge on any atom is 0.408 e. The van der Waals surface area contributed by atoms with Gasteiger partial charge in [0.15, 0.2) is 0 Å². The summed E-state index contributed by atoms with van der Waals surface area (Å²) in [7, 11) is 0. The fourth-order valence-electron chi connectivity index (χ4n) is 2.65. The van der Waals surface area contributed by atoms with Crippen molar-refractivity contribution in [2.24, 2.45) is 0 Å². The van der Waals surface area contributed by atoms with E-state index < -0.39 is 29.5 Å². The monoisotopic (exact) mass is 385 g/mol. The Hall–Kier alpha value is -1.82. The van der Waals surface area contributed by atoms with Gasteiger partial charge in [-0.05, 0) is 64.2 Å². The topological polar surface area (TPSA) is 64.6 Å². The number of carbonyl (C=O) groups is 2. The molecule has 1 amide bonds. The Labute approximate surface area is 158 Å². The van der Waals surface area contributed by atoms with Crippen LogP contribution in [0, 0.1) is 5.82 Å². The van der Waals surface area contributed by atoms with Crippen LogP contribution < -0.4 is 5.32 Å². The van der Waals surface area contributed by atoms with Crippen LogP contribution in [0.25, 0.3) is 0 Å². The van der Waals surface area contributed by atoms with E-state index in [4.69, 9.17) is 21.1 Å². The average molecular weight is 386 g/mol. The molecule has 144 valence electrons. The van der Waals surface area contributed by atoms with Crippen LogP contribution in [-0.2, 0) is 14.3 Å². The predicted molar refractivity (Wildman–Crippen MR) is 96.7 cm³/mol. The number of ether oxygens (including phenoxy) is 2. The van der Waals surface area contributed by atoms with Crippen molar-refractivity contribution in [1.82, 2.24) is 5.32 Å². The Morgan fingerprint density at radius 1 is 1.35 bits per heavy atom. The zero-order valence-corrected chi connectivity index (χ0v) is 16.3. The number of halogens is 2. The van der Waals surface area contributed by atoms with Gasteiger partial charge in [0.1, 0.15) is 11.4 Å². The molecule has 7 heteroatoms. The molecule has 2 rings (SSSR count). The molecule has 1 fully saturated rings. The number of alkyl carbamates (subject to hydrolysis) is 1. The first-order valence-electron chi connectivity index (χ1n) is 8.74. The van der Waals surface area contributed by atoms with Crippen molar-refractivity contribution in [3.05, 3.63) is 34.1 Å². The number of hydrogen-bond acceptors (Lipinski definition) is 4. The highest BCUT2D eigenvalue weighted by atomic mass is 35.5. The standard InChI is InChI=1S/C19H25ClFNO4/c1-5-25-16(23)10-15(22-18(24)26-19(2,3)4)14-9-12(20)8-13(17(14)21)11-6-7-11/h8-9,11,15H,5-7,10H2,1-4H3,(H,22,24)/t15-/m0/s1. The highest BCUT2D eigenvalue weighted by Crippen LogP contribution is 2.43. The van der Waals surface area contributed by atoms with Crippen molar-refractivity contribution in [2.75, 3.05) is 6.61 Å². The highest BCUT2D eigenvalue weighted by molar-refractivity contribution is 6.30. The van der Waals surface area contributed by atoms with Crippen LogP contribution in [-0.4, -0.2) is 24.3 Å². The van der Waals surface area contributed by atoms with E-state index in [0.29, 0.717) is 10.6 Å². The summed E-state index contributed by atoms with van der Waals surface area (Å²) in [5, 5.41) is 2.94. The first-order chi connectivity index (χ1) is 12.1. The van der Waals surface area contributed by atoms with E-state index in [1.807, 2.05) is 0 Å². The molecule has 1 atom stereocenters. The smallest absolute Gasteiger partial charge is 0.408 e. The van der Waals surface area contributed by atoms with E-state index >= 15 is 4.39 Å². The van der Waals surface area contributed by atoms with Gasteiger partial charge in [-0.1, -0.05) is 11.6 Å². The summed E-state index contributed by atoms with van der Waals surface area (Å²) < 4.78 is 25.2. The van der Waals surface area contributed by atoms with Crippen molar-refractivity contribution in [3.8, 4) is 0 Å². The zero-order chi connectivity index (χ0) is 19.5. The lowest BCUT2D eigenvalue weighted by Gasteiger charge is -2.24. The van der Waals surface area contributed by atoms with Gasteiger partial charge < -0.3 is 14.8 Å². The highest BCUT2D eigenvalue weighted by Gasteiger charge is 2.31. The molecule has 1 aromatic rings. The summed E-state index contributed by atoms with van der Waals surface area (Å²) in [6.45, 7) is 7.04. The molecule has 0 radical (unpaired) electrons. The third kappa shape index (κ3) is 5.87. The van der Waals surface area contributed by atoms with Gasteiger partial charge in [-0.25, -0.2) is 9.18 Å². The minimum absolute atomic E-state index is 0.136. The Morgan fingerprint density at radius 3 is 2.54 bits per heavy atom. The quantitative estimate of drug-likeness (QED) is 0.709.